The first-order valence-corrected chi connectivity index (χ1v) is 6.98. The van der Waals surface area contributed by atoms with E-state index in [2.05, 4.69) is 10.6 Å². The van der Waals surface area contributed by atoms with Gasteiger partial charge in [-0.1, -0.05) is 0 Å². The number of hydrogen-bond acceptors (Lipinski definition) is 5. The first-order chi connectivity index (χ1) is 10.1. The van der Waals surface area contributed by atoms with E-state index in [0.717, 1.165) is 6.42 Å². The van der Waals surface area contributed by atoms with E-state index in [4.69, 9.17) is 4.74 Å². The van der Waals surface area contributed by atoms with Crippen molar-refractivity contribution in [3.63, 3.8) is 0 Å². The highest BCUT2D eigenvalue weighted by molar-refractivity contribution is 5.95. The molecule has 0 unspecified atom stereocenters. The molecule has 2 N–H and O–H groups in total. The molecule has 21 heavy (non-hydrogen) atoms. The number of hydrogen-bond donors (Lipinski definition) is 2. The van der Waals surface area contributed by atoms with Crippen LogP contribution in [0.2, 0.25) is 0 Å². The van der Waals surface area contributed by atoms with Crippen LogP contribution in [-0.2, 0) is 4.74 Å². The molecule has 0 bridgehead atoms. The molecule has 0 saturated carbocycles. The third kappa shape index (κ3) is 5.39. The number of carbonyl (C=O) groups is 1. The first-order valence-electron chi connectivity index (χ1n) is 6.98. The van der Waals surface area contributed by atoms with E-state index in [-0.39, 0.29) is 11.6 Å². The molecule has 0 heterocycles. The molecule has 0 spiro atoms. The minimum Gasteiger partial charge on any atom is -0.382 e. The Bertz CT molecular complexity index is 491. The maximum atomic E-state index is 11.8. The lowest BCUT2D eigenvalue weighted by atomic mass is 10.1. The zero-order chi connectivity index (χ0) is 15.7. The molecule has 0 fully saturated rings. The molecule has 0 aliphatic rings. The van der Waals surface area contributed by atoms with E-state index >= 15 is 0 Å². The minimum atomic E-state index is -0.466. The van der Waals surface area contributed by atoms with Gasteiger partial charge in [-0.05, 0) is 32.4 Å². The van der Waals surface area contributed by atoms with E-state index in [1.54, 1.807) is 0 Å². The summed E-state index contributed by atoms with van der Waals surface area (Å²) < 4.78 is 5.21. The SMILES string of the molecule is CCNC(=O)c1ccc([N+](=O)[O-])c(NCCCOCC)c1. The van der Waals surface area contributed by atoms with Crippen molar-refractivity contribution in [1.82, 2.24) is 5.32 Å². The van der Waals surface area contributed by atoms with Crippen molar-refractivity contribution in [2.75, 3.05) is 31.6 Å². The molecule has 0 aliphatic carbocycles. The normalized spacial score (nSPS) is 10.2. The highest BCUT2D eigenvalue weighted by Gasteiger charge is 2.16. The fourth-order valence-electron chi connectivity index (χ4n) is 1.78. The number of nitro groups is 1. The van der Waals surface area contributed by atoms with Gasteiger partial charge in [0.2, 0.25) is 0 Å². The molecule has 1 rings (SSSR count). The van der Waals surface area contributed by atoms with Crippen molar-refractivity contribution in [1.29, 1.82) is 0 Å². The van der Waals surface area contributed by atoms with E-state index in [9.17, 15) is 14.9 Å². The molecule has 1 aromatic rings. The summed E-state index contributed by atoms with van der Waals surface area (Å²) in [7, 11) is 0. The number of anilines is 1. The number of amides is 1. The molecule has 0 atom stereocenters. The molecule has 1 amide bonds. The number of benzene rings is 1. The molecular formula is C14H21N3O4. The summed E-state index contributed by atoms with van der Waals surface area (Å²) in [4.78, 5) is 22.3. The summed E-state index contributed by atoms with van der Waals surface area (Å²) in [6.45, 7) is 6.01. The van der Waals surface area contributed by atoms with Gasteiger partial charge in [0.25, 0.3) is 11.6 Å². The van der Waals surface area contributed by atoms with Gasteiger partial charge in [-0.2, -0.15) is 0 Å². The van der Waals surface area contributed by atoms with Crippen LogP contribution in [0.15, 0.2) is 18.2 Å². The third-order valence-corrected chi connectivity index (χ3v) is 2.78. The van der Waals surface area contributed by atoms with Gasteiger partial charge < -0.3 is 15.4 Å². The number of carbonyl (C=O) groups excluding carboxylic acids is 1. The molecule has 1 aromatic carbocycles. The number of nitro benzene ring substituents is 1. The van der Waals surface area contributed by atoms with Gasteiger partial charge in [-0.3, -0.25) is 14.9 Å². The monoisotopic (exact) mass is 295 g/mol. The van der Waals surface area contributed by atoms with Crippen LogP contribution in [0.5, 0.6) is 0 Å². The van der Waals surface area contributed by atoms with Crippen LogP contribution < -0.4 is 10.6 Å². The lowest BCUT2D eigenvalue weighted by Crippen LogP contribution is -2.22. The number of nitrogens with zero attached hydrogens (tertiary/aromatic N) is 1. The van der Waals surface area contributed by atoms with E-state index < -0.39 is 4.92 Å². The van der Waals surface area contributed by atoms with Gasteiger partial charge in [-0.15, -0.1) is 0 Å². The van der Waals surface area contributed by atoms with Gasteiger partial charge in [0.15, 0.2) is 0 Å². The predicted octanol–water partition coefficient (Wildman–Crippen LogP) is 2.18. The summed E-state index contributed by atoms with van der Waals surface area (Å²) in [5, 5.41) is 16.7. The van der Waals surface area contributed by atoms with E-state index in [0.29, 0.717) is 37.6 Å². The first kappa shape index (κ1) is 16.9. The maximum Gasteiger partial charge on any atom is 0.292 e. The Morgan fingerprint density at radius 2 is 2.14 bits per heavy atom. The summed E-state index contributed by atoms with van der Waals surface area (Å²) in [5.74, 6) is -0.246. The third-order valence-electron chi connectivity index (χ3n) is 2.78. The number of ether oxygens (including phenoxy) is 1. The lowest BCUT2D eigenvalue weighted by Gasteiger charge is -2.09. The molecule has 0 saturated heterocycles. The van der Waals surface area contributed by atoms with Crippen molar-refractivity contribution in [2.24, 2.45) is 0 Å². The maximum absolute atomic E-state index is 11.8. The van der Waals surface area contributed by atoms with Crippen molar-refractivity contribution in [2.45, 2.75) is 20.3 Å². The second-order valence-corrected chi connectivity index (χ2v) is 4.33. The standard InChI is InChI=1S/C14H21N3O4/c1-3-15-14(18)11-6-7-13(17(19)20)12(10-11)16-8-5-9-21-4-2/h6-7,10,16H,3-5,8-9H2,1-2H3,(H,15,18). The topological polar surface area (TPSA) is 93.5 Å². The van der Waals surface area contributed by atoms with Crippen molar-refractivity contribution in [3.8, 4) is 0 Å². The average Bonchev–Trinajstić information content (AvgIpc) is 2.47. The molecule has 0 aromatic heterocycles. The van der Waals surface area contributed by atoms with Gasteiger partial charge in [-0.25, -0.2) is 0 Å². The minimum absolute atomic E-state index is 0.0422. The fourth-order valence-corrected chi connectivity index (χ4v) is 1.78. The summed E-state index contributed by atoms with van der Waals surface area (Å²) in [6, 6.07) is 4.30. The van der Waals surface area contributed by atoms with Crippen LogP contribution in [0.1, 0.15) is 30.6 Å². The van der Waals surface area contributed by atoms with Gasteiger partial charge in [0, 0.05) is 37.9 Å². The zero-order valence-electron chi connectivity index (χ0n) is 12.3. The van der Waals surface area contributed by atoms with Crippen molar-refractivity contribution >= 4 is 17.3 Å². The molecule has 7 nitrogen and oxygen atoms in total. The molecule has 0 aliphatic heterocycles. The average molecular weight is 295 g/mol. The number of nitrogens with one attached hydrogen (secondary N) is 2. The Labute approximate surface area is 123 Å². The quantitative estimate of drug-likeness (QED) is 0.414. The second-order valence-electron chi connectivity index (χ2n) is 4.33. The van der Waals surface area contributed by atoms with Crippen molar-refractivity contribution < 1.29 is 14.5 Å². The fraction of sp³-hybridized carbons (Fsp3) is 0.500. The van der Waals surface area contributed by atoms with E-state index in [1.165, 1.54) is 18.2 Å². The second kappa shape index (κ2) is 8.91. The highest BCUT2D eigenvalue weighted by atomic mass is 16.6. The molecule has 116 valence electrons. The molecule has 0 radical (unpaired) electrons. The Morgan fingerprint density at radius 3 is 2.76 bits per heavy atom. The number of rotatable bonds is 9. The van der Waals surface area contributed by atoms with Crippen LogP contribution in [0.25, 0.3) is 0 Å². The summed E-state index contributed by atoms with van der Waals surface area (Å²) in [6.07, 6.45) is 0.733. The van der Waals surface area contributed by atoms with Crippen LogP contribution in [0.3, 0.4) is 0 Å². The predicted molar refractivity (Wildman–Crippen MR) is 80.7 cm³/mol. The summed E-state index contributed by atoms with van der Waals surface area (Å²) in [5.41, 5.74) is 0.703. The highest BCUT2D eigenvalue weighted by Crippen LogP contribution is 2.25. The molecule has 7 heteroatoms. The van der Waals surface area contributed by atoms with Crippen molar-refractivity contribution in [3.05, 3.63) is 33.9 Å². The van der Waals surface area contributed by atoms with Gasteiger partial charge in [0.1, 0.15) is 5.69 Å². The Balaban J connectivity index is 2.79. The van der Waals surface area contributed by atoms with Crippen LogP contribution in [-0.4, -0.2) is 37.1 Å². The van der Waals surface area contributed by atoms with Crippen LogP contribution in [0, 0.1) is 10.1 Å². The Morgan fingerprint density at radius 1 is 1.38 bits per heavy atom. The Hall–Kier alpha value is -2.15. The smallest absolute Gasteiger partial charge is 0.292 e. The van der Waals surface area contributed by atoms with E-state index in [1.807, 2.05) is 13.8 Å². The van der Waals surface area contributed by atoms with Gasteiger partial charge in [0.05, 0.1) is 4.92 Å². The van der Waals surface area contributed by atoms with Crippen LogP contribution >= 0.6 is 0 Å². The molecular weight excluding hydrogens is 274 g/mol. The Kier molecular flexibility index (Phi) is 7.17. The lowest BCUT2D eigenvalue weighted by molar-refractivity contribution is -0.384. The zero-order valence-corrected chi connectivity index (χ0v) is 12.3. The summed E-state index contributed by atoms with van der Waals surface area (Å²) >= 11 is 0. The van der Waals surface area contributed by atoms with Gasteiger partial charge >= 0.3 is 0 Å². The van der Waals surface area contributed by atoms with Crippen LogP contribution in [0.4, 0.5) is 11.4 Å². The largest absolute Gasteiger partial charge is 0.382 e.